The van der Waals surface area contributed by atoms with Gasteiger partial charge in [0.1, 0.15) is 22.6 Å². The summed E-state index contributed by atoms with van der Waals surface area (Å²) in [5, 5.41) is 3.00. The number of carbonyl (C=O) groups is 1. The van der Waals surface area contributed by atoms with Gasteiger partial charge in [-0.1, -0.05) is 30.5 Å². The van der Waals surface area contributed by atoms with Gasteiger partial charge >= 0.3 is 6.09 Å². The molecule has 4 rings (SSSR count). The van der Waals surface area contributed by atoms with Gasteiger partial charge in [0.05, 0.1) is 30.0 Å². The first kappa shape index (κ1) is 22.5. The van der Waals surface area contributed by atoms with Gasteiger partial charge in [-0.25, -0.2) is 9.18 Å². The number of hydrogen-bond donors (Lipinski definition) is 1. The Morgan fingerprint density at radius 2 is 2.06 bits per heavy atom. The monoisotopic (exact) mass is 473 g/mol. The fraction of sp³-hybridized carbons (Fsp3) is 0.409. The molecule has 1 aromatic heterocycles. The van der Waals surface area contributed by atoms with E-state index in [1.165, 1.54) is 11.0 Å². The van der Waals surface area contributed by atoms with Gasteiger partial charge in [-0.2, -0.15) is 0 Å². The summed E-state index contributed by atoms with van der Waals surface area (Å²) in [5.74, 6) is -0.209. The summed E-state index contributed by atoms with van der Waals surface area (Å²) in [4.78, 5) is 25.4. The van der Waals surface area contributed by atoms with Gasteiger partial charge in [0, 0.05) is 25.5 Å². The Balaban J connectivity index is 1.37. The van der Waals surface area contributed by atoms with Crippen molar-refractivity contribution in [3.05, 3.63) is 53.9 Å². The van der Waals surface area contributed by atoms with E-state index in [-0.39, 0.29) is 17.8 Å². The predicted octanol–water partition coefficient (Wildman–Crippen LogP) is 3.43. The third kappa shape index (κ3) is 5.02. The lowest BCUT2D eigenvalue weighted by Crippen LogP contribution is -2.38. The van der Waals surface area contributed by atoms with E-state index in [0.717, 1.165) is 25.9 Å². The summed E-state index contributed by atoms with van der Waals surface area (Å²) < 4.78 is 20.4. The van der Waals surface area contributed by atoms with Crippen molar-refractivity contribution in [3.63, 3.8) is 0 Å². The molecule has 10 heteroatoms. The first-order valence-electron chi connectivity index (χ1n) is 10.5. The molecule has 2 saturated heterocycles. The Morgan fingerprint density at radius 1 is 1.28 bits per heavy atom. The zero-order valence-corrected chi connectivity index (χ0v) is 19.3. The van der Waals surface area contributed by atoms with E-state index in [9.17, 15) is 4.79 Å². The molecule has 1 aromatic carbocycles. The number of ether oxygens (including phenoxy) is 1. The molecule has 168 valence electrons. The first-order chi connectivity index (χ1) is 15.4. The van der Waals surface area contributed by atoms with Crippen LogP contribution >= 0.6 is 24.4 Å². The minimum atomic E-state index is -0.475. The maximum absolute atomic E-state index is 15.0. The second kappa shape index (κ2) is 9.83. The molecule has 0 radical (unpaired) electrons. The van der Waals surface area contributed by atoms with Crippen molar-refractivity contribution >= 4 is 46.2 Å². The zero-order chi connectivity index (χ0) is 22.7. The van der Waals surface area contributed by atoms with Gasteiger partial charge in [0.25, 0.3) is 0 Å². The second-order valence-electron chi connectivity index (χ2n) is 7.92. The van der Waals surface area contributed by atoms with E-state index in [1.54, 1.807) is 37.6 Å². The first-order valence-corrected chi connectivity index (χ1v) is 11.3. The summed E-state index contributed by atoms with van der Waals surface area (Å²) in [6.45, 7) is 4.02. The van der Waals surface area contributed by atoms with Crippen molar-refractivity contribution in [2.24, 2.45) is 0 Å². The van der Waals surface area contributed by atoms with Gasteiger partial charge in [-0.3, -0.25) is 14.9 Å². The maximum atomic E-state index is 15.0. The highest BCUT2D eigenvalue weighted by Gasteiger charge is 2.33. The van der Waals surface area contributed by atoms with Crippen LogP contribution in [0.25, 0.3) is 0 Å². The molecule has 3 heterocycles. The van der Waals surface area contributed by atoms with Crippen molar-refractivity contribution in [2.75, 3.05) is 31.1 Å². The molecule has 1 amide bonds. The lowest BCUT2D eigenvalue weighted by molar-refractivity contribution is 0.143. The highest BCUT2D eigenvalue weighted by atomic mass is 32.1. The lowest BCUT2D eigenvalue weighted by Gasteiger charge is -2.33. The average Bonchev–Trinajstić information content (AvgIpc) is 3.18. The standard InChI is InChI=1S/C22H24FN5O2S2/c1-14(31)26-11-17-13-28(22(29)30-17)16-2-3-18(19(23)10-16)15-4-8-27(9-5-15)21(32)20-12-24-6-7-25-20/h2-3,6-7,10,12,15,17H,4-5,8-9,11,13H2,1H3,(H,26,31)/t17-/m0/s1. The van der Waals surface area contributed by atoms with Crippen LogP contribution in [0.3, 0.4) is 0 Å². The number of benzene rings is 1. The number of piperidine rings is 1. The van der Waals surface area contributed by atoms with Crippen LogP contribution in [-0.4, -0.2) is 63.2 Å². The Labute approximate surface area is 197 Å². The second-order valence-corrected chi connectivity index (χ2v) is 8.92. The number of anilines is 1. The summed E-state index contributed by atoms with van der Waals surface area (Å²) in [6.07, 6.45) is 5.67. The Kier molecular flexibility index (Phi) is 6.90. The molecule has 2 fully saturated rings. The van der Waals surface area contributed by atoms with E-state index in [0.29, 0.717) is 40.0 Å². The van der Waals surface area contributed by atoms with Crippen molar-refractivity contribution in [1.29, 1.82) is 0 Å². The molecule has 2 aromatic rings. The molecule has 1 atom stereocenters. The fourth-order valence-electron chi connectivity index (χ4n) is 4.08. The molecule has 0 saturated carbocycles. The van der Waals surface area contributed by atoms with Crippen LogP contribution in [0.2, 0.25) is 0 Å². The minimum Gasteiger partial charge on any atom is -0.442 e. The van der Waals surface area contributed by atoms with Crippen LogP contribution in [0.1, 0.15) is 36.9 Å². The normalized spacial score (nSPS) is 19.1. The number of nitrogens with zero attached hydrogens (tertiary/aromatic N) is 4. The molecule has 0 aliphatic carbocycles. The van der Waals surface area contributed by atoms with E-state index in [2.05, 4.69) is 20.2 Å². The molecule has 2 aliphatic rings. The number of thiocarbonyl (C=S) groups is 2. The molecule has 0 unspecified atom stereocenters. The largest absolute Gasteiger partial charge is 0.442 e. The topological polar surface area (TPSA) is 70.6 Å². The number of cyclic esters (lactones) is 1. The quantitative estimate of drug-likeness (QED) is 0.663. The third-order valence-corrected chi connectivity index (χ3v) is 6.36. The number of halogens is 1. The van der Waals surface area contributed by atoms with Gasteiger partial charge in [0.15, 0.2) is 0 Å². The van der Waals surface area contributed by atoms with Gasteiger partial charge in [-0.15, -0.1) is 0 Å². The fourth-order valence-corrected chi connectivity index (χ4v) is 4.45. The van der Waals surface area contributed by atoms with Crippen LogP contribution in [0.4, 0.5) is 14.9 Å². The van der Waals surface area contributed by atoms with E-state index in [4.69, 9.17) is 29.2 Å². The lowest BCUT2D eigenvalue weighted by atomic mass is 9.89. The van der Waals surface area contributed by atoms with Crippen LogP contribution in [-0.2, 0) is 4.74 Å². The number of rotatable bonds is 5. The minimum absolute atomic E-state index is 0.0954. The molecular weight excluding hydrogens is 449 g/mol. The smallest absolute Gasteiger partial charge is 0.414 e. The molecule has 1 N–H and O–H groups in total. The number of hydrogen-bond acceptors (Lipinski definition) is 6. The summed E-state index contributed by atoms with van der Waals surface area (Å²) in [5.41, 5.74) is 1.85. The molecular formula is C22H24FN5O2S2. The van der Waals surface area contributed by atoms with E-state index in [1.807, 2.05) is 0 Å². The van der Waals surface area contributed by atoms with Gasteiger partial charge in [-0.05, 0) is 43.4 Å². The number of amides is 1. The predicted molar refractivity (Wildman–Crippen MR) is 128 cm³/mol. The van der Waals surface area contributed by atoms with Gasteiger partial charge < -0.3 is 15.0 Å². The van der Waals surface area contributed by atoms with Crippen LogP contribution in [0.5, 0.6) is 0 Å². The number of aromatic nitrogens is 2. The van der Waals surface area contributed by atoms with E-state index < -0.39 is 6.09 Å². The Morgan fingerprint density at radius 3 is 2.72 bits per heavy atom. The molecule has 7 nitrogen and oxygen atoms in total. The van der Waals surface area contributed by atoms with Crippen LogP contribution in [0.15, 0.2) is 36.8 Å². The van der Waals surface area contributed by atoms with Crippen molar-refractivity contribution in [1.82, 2.24) is 20.2 Å². The summed E-state index contributed by atoms with van der Waals surface area (Å²) in [6, 6.07) is 5.00. The van der Waals surface area contributed by atoms with Crippen molar-refractivity contribution in [3.8, 4) is 0 Å². The number of carbonyl (C=O) groups excluding carboxylic acids is 1. The van der Waals surface area contributed by atoms with E-state index >= 15 is 4.39 Å². The van der Waals surface area contributed by atoms with Crippen molar-refractivity contribution < 1.29 is 13.9 Å². The molecule has 0 bridgehead atoms. The summed E-state index contributed by atoms with van der Waals surface area (Å²) in [7, 11) is 0. The average molecular weight is 474 g/mol. The third-order valence-electron chi connectivity index (χ3n) is 5.75. The highest BCUT2D eigenvalue weighted by molar-refractivity contribution is 7.80. The molecule has 32 heavy (non-hydrogen) atoms. The SMILES string of the molecule is CC(=S)NC[C@H]1CN(c2ccc(C3CCN(C(=S)c4cnccn4)CC3)c(F)c2)C(=O)O1. The zero-order valence-electron chi connectivity index (χ0n) is 17.7. The van der Waals surface area contributed by atoms with Crippen LogP contribution in [0, 0.1) is 5.82 Å². The summed E-state index contributed by atoms with van der Waals surface area (Å²) >= 11 is 10.5. The Bertz CT molecular complexity index is 1010. The highest BCUT2D eigenvalue weighted by Crippen LogP contribution is 2.33. The number of nitrogens with one attached hydrogen (secondary N) is 1. The maximum Gasteiger partial charge on any atom is 0.414 e. The van der Waals surface area contributed by atoms with Crippen molar-refractivity contribution in [2.45, 2.75) is 31.8 Å². The molecule has 0 spiro atoms. The van der Waals surface area contributed by atoms with Gasteiger partial charge in [0.2, 0.25) is 0 Å². The van der Waals surface area contributed by atoms with Crippen LogP contribution < -0.4 is 10.2 Å². The molecule has 2 aliphatic heterocycles. The Hall–Kier alpha value is -2.72. The number of likely N-dealkylation sites (tertiary alicyclic amines) is 1.